The summed E-state index contributed by atoms with van der Waals surface area (Å²) in [5.41, 5.74) is 8.56. The molecule has 1 aromatic carbocycles. The van der Waals surface area contributed by atoms with E-state index in [4.69, 9.17) is 5.73 Å². The largest absolute Gasteiger partial charge is 0.368 e. The second kappa shape index (κ2) is 4.88. The molecule has 1 fully saturated rings. The van der Waals surface area contributed by atoms with E-state index in [0.29, 0.717) is 12.1 Å². The Morgan fingerprint density at radius 3 is 2.81 bits per heavy atom. The third kappa shape index (κ3) is 2.05. The number of anilines is 1. The molecule has 1 aliphatic carbocycles. The summed E-state index contributed by atoms with van der Waals surface area (Å²) in [6.07, 6.45) is 7.44. The van der Waals surface area contributed by atoms with E-state index in [9.17, 15) is 4.79 Å². The third-order valence-electron chi connectivity index (χ3n) is 5.10. The summed E-state index contributed by atoms with van der Waals surface area (Å²) in [4.78, 5) is 17.4. The van der Waals surface area contributed by atoms with Gasteiger partial charge in [0.1, 0.15) is 0 Å². The molecule has 1 saturated carbocycles. The van der Waals surface area contributed by atoms with Crippen molar-refractivity contribution in [1.29, 1.82) is 0 Å². The summed E-state index contributed by atoms with van der Waals surface area (Å²) in [6.45, 7) is 1.04. The molecule has 1 aliphatic heterocycles. The van der Waals surface area contributed by atoms with Crippen molar-refractivity contribution in [1.82, 2.24) is 4.98 Å². The van der Waals surface area contributed by atoms with Gasteiger partial charge >= 0.3 is 0 Å². The van der Waals surface area contributed by atoms with Gasteiger partial charge in [0.15, 0.2) is 0 Å². The fraction of sp³-hybridized carbons (Fsp3) is 0.471. The molecule has 0 unspecified atom stereocenters. The lowest BCUT2D eigenvalue weighted by Crippen LogP contribution is -2.43. The van der Waals surface area contributed by atoms with E-state index in [2.05, 4.69) is 16.0 Å². The van der Waals surface area contributed by atoms with Gasteiger partial charge in [-0.25, -0.2) is 0 Å². The Balaban J connectivity index is 1.81. The van der Waals surface area contributed by atoms with Crippen LogP contribution in [0.15, 0.2) is 29.2 Å². The zero-order valence-corrected chi connectivity index (χ0v) is 12.1. The Kier molecular flexibility index (Phi) is 3.00. The zero-order valence-electron chi connectivity index (χ0n) is 12.1. The summed E-state index contributed by atoms with van der Waals surface area (Å²) in [5, 5.41) is 1.98. The monoisotopic (exact) mass is 283 g/mol. The highest BCUT2D eigenvalue weighted by Crippen LogP contribution is 2.36. The van der Waals surface area contributed by atoms with Crippen LogP contribution < -0.4 is 16.2 Å². The highest BCUT2D eigenvalue weighted by Gasteiger charge is 2.28. The first-order valence-corrected chi connectivity index (χ1v) is 7.89. The fourth-order valence-electron chi connectivity index (χ4n) is 3.96. The lowest BCUT2D eigenvalue weighted by molar-refractivity contribution is 0.375. The van der Waals surface area contributed by atoms with Gasteiger partial charge in [0.25, 0.3) is 5.56 Å². The molecule has 0 saturated heterocycles. The van der Waals surface area contributed by atoms with Crippen molar-refractivity contribution in [3.8, 4) is 0 Å². The SMILES string of the molecule is NC1CCC(N2CCc3c[nH]c(=O)c4cccc2c34)CC1. The number of nitrogens with two attached hydrogens (primary N) is 1. The van der Waals surface area contributed by atoms with E-state index < -0.39 is 0 Å². The molecular weight excluding hydrogens is 262 g/mol. The van der Waals surface area contributed by atoms with Crippen molar-refractivity contribution in [2.45, 2.75) is 44.2 Å². The van der Waals surface area contributed by atoms with E-state index in [-0.39, 0.29) is 5.56 Å². The van der Waals surface area contributed by atoms with E-state index in [1.165, 1.54) is 11.3 Å². The third-order valence-corrected chi connectivity index (χ3v) is 5.10. The van der Waals surface area contributed by atoms with Gasteiger partial charge in [0.2, 0.25) is 0 Å². The smallest absolute Gasteiger partial charge is 0.255 e. The maximum Gasteiger partial charge on any atom is 0.255 e. The lowest BCUT2D eigenvalue weighted by Gasteiger charge is -2.40. The van der Waals surface area contributed by atoms with Crippen molar-refractivity contribution in [2.75, 3.05) is 11.4 Å². The first-order chi connectivity index (χ1) is 10.2. The Labute approximate surface area is 124 Å². The van der Waals surface area contributed by atoms with Crippen molar-refractivity contribution in [3.63, 3.8) is 0 Å². The van der Waals surface area contributed by atoms with Gasteiger partial charge in [-0.3, -0.25) is 4.79 Å². The van der Waals surface area contributed by atoms with E-state index in [1.54, 1.807) is 0 Å². The van der Waals surface area contributed by atoms with Gasteiger partial charge in [0, 0.05) is 41.3 Å². The first-order valence-electron chi connectivity index (χ1n) is 7.89. The molecule has 0 bridgehead atoms. The number of aromatic amines is 1. The Morgan fingerprint density at radius 2 is 2.00 bits per heavy atom. The molecule has 4 rings (SSSR count). The van der Waals surface area contributed by atoms with Gasteiger partial charge in [-0.1, -0.05) is 6.07 Å². The first kappa shape index (κ1) is 12.9. The summed E-state index contributed by atoms with van der Waals surface area (Å²) in [7, 11) is 0. The van der Waals surface area contributed by atoms with Crippen LogP contribution in [0, 0.1) is 0 Å². The second-order valence-corrected chi connectivity index (χ2v) is 6.35. The molecule has 2 aliphatic rings. The van der Waals surface area contributed by atoms with Gasteiger partial charge in [0.05, 0.1) is 0 Å². The second-order valence-electron chi connectivity index (χ2n) is 6.35. The highest BCUT2D eigenvalue weighted by molar-refractivity contribution is 5.97. The Bertz CT molecular complexity index is 728. The predicted octanol–water partition coefficient (Wildman–Crippen LogP) is 2.16. The standard InChI is InChI=1S/C17H21N3O/c18-12-4-6-13(7-5-12)20-9-8-11-10-19-17(21)14-2-1-3-15(20)16(11)14/h1-3,10,12-13H,4-9,18H2,(H,19,21). The lowest BCUT2D eigenvalue weighted by atomic mass is 9.88. The van der Waals surface area contributed by atoms with Crippen LogP contribution in [0.5, 0.6) is 0 Å². The molecule has 0 spiro atoms. The molecule has 2 aromatic rings. The van der Waals surface area contributed by atoms with E-state index in [1.807, 2.05) is 18.3 Å². The summed E-state index contributed by atoms with van der Waals surface area (Å²) in [6, 6.07) is 7.05. The molecule has 2 heterocycles. The normalized spacial score (nSPS) is 25.3. The maximum atomic E-state index is 12.1. The van der Waals surface area contributed by atoms with Crippen LogP contribution in [-0.4, -0.2) is 23.6 Å². The van der Waals surface area contributed by atoms with Crippen LogP contribution in [0.2, 0.25) is 0 Å². The number of hydrogen-bond donors (Lipinski definition) is 2. The Hall–Kier alpha value is -1.81. The van der Waals surface area contributed by atoms with Crippen molar-refractivity contribution in [2.24, 2.45) is 5.73 Å². The topological polar surface area (TPSA) is 62.1 Å². The number of hydrogen-bond acceptors (Lipinski definition) is 3. The average Bonchev–Trinajstić information content (AvgIpc) is 2.52. The van der Waals surface area contributed by atoms with Crippen LogP contribution >= 0.6 is 0 Å². The summed E-state index contributed by atoms with van der Waals surface area (Å²) < 4.78 is 0. The molecule has 21 heavy (non-hydrogen) atoms. The number of H-pyrrole nitrogens is 1. The number of pyridine rings is 1. The predicted molar refractivity (Wildman–Crippen MR) is 85.9 cm³/mol. The number of benzene rings is 1. The number of nitrogens with one attached hydrogen (secondary N) is 1. The minimum atomic E-state index is 0.0168. The molecule has 110 valence electrons. The average molecular weight is 283 g/mol. The molecule has 4 nitrogen and oxygen atoms in total. The summed E-state index contributed by atoms with van der Waals surface area (Å²) >= 11 is 0. The molecule has 0 radical (unpaired) electrons. The minimum Gasteiger partial charge on any atom is -0.368 e. The van der Waals surface area contributed by atoms with Gasteiger partial charge < -0.3 is 15.6 Å². The zero-order chi connectivity index (χ0) is 14.4. The van der Waals surface area contributed by atoms with Crippen molar-refractivity contribution in [3.05, 3.63) is 40.3 Å². The van der Waals surface area contributed by atoms with Crippen LogP contribution in [0.4, 0.5) is 5.69 Å². The van der Waals surface area contributed by atoms with Crippen LogP contribution in [-0.2, 0) is 6.42 Å². The molecule has 0 amide bonds. The molecular formula is C17H21N3O. The molecule has 3 N–H and O–H groups in total. The molecule has 0 atom stereocenters. The quantitative estimate of drug-likeness (QED) is 0.843. The van der Waals surface area contributed by atoms with Gasteiger partial charge in [-0.15, -0.1) is 0 Å². The highest BCUT2D eigenvalue weighted by atomic mass is 16.1. The molecule has 4 heteroatoms. The number of rotatable bonds is 1. The molecule has 1 aromatic heterocycles. The Morgan fingerprint density at radius 1 is 1.19 bits per heavy atom. The van der Waals surface area contributed by atoms with Crippen LogP contribution in [0.1, 0.15) is 31.2 Å². The number of aromatic nitrogens is 1. The van der Waals surface area contributed by atoms with Crippen LogP contribution in [0.3, 0.4) is 0 Å². The van der Waals surface area contributed by atoms with Gasteiger partial charge in [-0.2, -0.15) is 0 Å². The van der Waals surface area contributed by atoms with Crippen molar-refractivity contribution >= 4 is 16.5 Å². The number of nitrogens with zero attached hydrogens (tertiary/aromatic N) is 1. The van der Waals surface area contributed by atoms with Gasteiger partial charge in [-0.05, 0) is 49.8 Å². The van der Waals surface area contributed by atoms with Crippen molar-refractivity contribution < 1.29 is 0 Å². The maximum absolute atomic E-state index is 12.1. The minimum absolute atomic E-state index is 0.0168. The van der Waals surface area contributed by atoms with E-state index >= 15 is 0 Å². The fourth-order valence-corrected chi connectivity index (χ4v) is 3.96. The summed E-state index contributed by atoms with van der Waals surface area (Å²) in [5.74, 6) is 0. The van der Waals surface area contributed by atoms with E-state index in [0.717, 1.165) is 49.4 Å². The van der Waals surface area contributed by atoms with Crippen LogP contribution in [0.25, 0.3) is 10.8 Å².